The first-order chi connectivity index (χ1) is 7.71. The fourth-order valence-electron chi connectivity index (χ4n) is 2.23. The molecule has 0 aromatic heterocycles. The Balaban J connectivity index is 4.62. The second-order valence-corrected chi connectivity index (χ2v) is 4.55. The van der Waals surface area contributed by atoms with Crippen molar-refractivity contribution in [2.45, 2.75) is 64.8 Å². The lowest BCUT2D eigenvalue weighted by Crippen LogP contribution is -2.54. The quantitative estimate of drug-likeness (QED) is 0.755. The van der Waals surface area contributed by atoms with Gasteiger partial charge in [-0.3, -0.25) is 4.90 Å². The highest BCUT2D eigenvalue weighted by Crippen LogP contribution is 2.30. The molecule has 0 aliphatic heterocycles. The van der Waals surface area contributed by atoms with Crippen LogP contribution in [0.1, 0.15) is 47.0 Å². The third-order valence-corrected chi connectivity index (χ3v) is 3.62. The van der Waals surface area contributed by atoms with Gasteiger partial charge >= 0.3 is 6.18 Å². The zero-order valence-corrected chi connectivity index (χ0v) is 11.1. The van der Waals surface area contributed by atoms with E-state index in [9.17, 15) is 18.3 Å². The van der Waals surface area contributed by atoms with Crippen molar-refractivity contribution in [2.75, 3.05) is 13.1 Å². The summed E-state index contributed by atoms with van der Waals surface area (Å²) in [4.78, 5) is 2.02. The van der Waals surface area contributed by atoms with Gasteiger partial charge in [-0.1, -0.05) is 20.8 Å². The Hall–Kier alpha value is -0.290. The smallest absolute Gasteiger partial charge is 0.389 e. The van der Waals surface area contributed by atoms with E-state index in [2.05, 4.69) is 0 Å². The number of halogens is 3. The van der Waals surface area contributed by atoms with Gasteiger partial charge in [-0.25, -0.2) is 0 Å². The highest BCUT2D eigenvalue weighted by atomic mass is 19.4. The highest BCUT2D eigenvalue weighted by molar-refractivity contribution is 4.91. The minimum absolute atomic E-state index is 0.232. The molecule has 0 aliphatic rings. The van der Waals surface area contributed by atoms with Crippen LogP contribution in [0.5, 0.6) is 0 Å². The fourth-order valence-corrected chi connectivity index (χ4v) is 2.23. The monoisotopic (exact) mass is 255 g/mol. The number of likely N-dealkylation sites (N-methyl/N-ethyl adjacent to an activating group) is 1. The molecule has 2 unspecified atom stereocenters. The molecule has 2 atom stereocenters. The lowest BCUT2D eigenvalue weighted by atomic mass is 9.86. The first-order valence-corrected chi connectivity index (χ1v) is 6.21. The Kier molecular flexibility index (Phi) is 6.48. The van der Waals surface area contributed by atoms with Crippen LogP contribution >= 0.6 is 0 Å². The molecule has 0 spiro atoms. The molecule has 5 heteroatoms. The predicted octanol–water partition coefficient (Wildman–Crippen LogP) is 3.20. The summed E-state index contributed by atoms with van der Waals surface area (Å²) in [5, 5.41) is 10.0. The predicted molar refractivity (Wildman–Crippen MR) is 62.9 cm³/mol. The maximum atomic E-state index is 12.1. The molecule has 0 aromatic carbocycles. The second kappa shape index (κ2) is 6.59. The van der Waals surface area contributed by atoms with Crippen molar-refractivity contribution in [3.63, 3.8) is 0 Å². The molecule has 0 rings (SSSR count). The van der Waals surface area contributed by atoms with Crippen molar-refractivity contribution in [1.29, 1.82) is 0 Å². The topological polar surface area (TPSA) is 23.5 Å². The standard InChI is InChI=1S/C12H24F3NO/c1-5-11(4,16(6-2)7-3)10(17)8-9-12(13,14)15/h10,17H,5-9H2,1-4H3. The Labute approximate surface area is 102 Å². The molecule has 17 heavy (non-hydrogen) atoms. The molecule has 0 bridgehead atoms. The zero-order valence-electron chi connectivity index (χ0n) is 11.1. The lowest BCUT2D eigenvalue weighted by molar-refractivity contribution is -0.145. The number of nitrogens with zero attached hydrogens (tertiary/aromatic N) is 1. The molecule has 0 amide bonds. The summed E-state index contributed by atoms with van der Waals surface area (Å²) in [6.45, 7) is 9.09. The minimum atomic E-state index is -4.20. The molecule has 0 fully saturated rings. The maximum Gasteiger partial charge on any atom is 0.389 e. The van der Waals surface area contributed by atoms with E-state index in [1.165, 1.54) is 0 Å². The summed E-state index contributed by atoms with van der Waals surface area (Å²) in [5.74, 6) is 0. The van der Waals surface area contributed by atoms with Crippen molar-refractivity contribution in [3.05, 3.63) is 0 Å². The first-order valence-electron chi connectivity index (χ1n) is 6.21. The van der Waals surface area contributed by atoms with Gasteiger partial charge in [-0.05, 0) is 32.9 Å². The number of hydrogen-bond acceptors (Lipinski definition) is 2. The van der Waals surface area contributed by atoms with Crippen LogP contribution in [-0.4, -0.2) is 40.9 Å². The van der Waals surface area contributed by atoms with Crippen LogP contribution in [0.15, 0.2) is 0 Å². The van der Waals surface area contributed by atoms with Gasteiger partial charge in [-0.2, -0.15) is 13.2 Å². The van der Waals surface area contributed by atoms with Gasteiger partial charge in [0.2, 0.25) is 0 Å². The van der Waals surface area contributed by atoms with Gasteiger partial charge in [0.25, 0.3) is 0 Å². The maximum absolute atomic E-state index is 12.1. The van der Waals surface area contributed by atoms with Crippen LogP contribution in [0.2, 0.25) is 0 Å². The van der Waals surface area contributed by atoms with Gasteiger partial charge in [0.05, 0.1) is 6.10 Å². The van der Waals surface area contributed by atoms with Crippen molar-refractivity contribution >= 4 is 0 Å². The average Bonchev–Trinajstić information content (AvgIpc) is 2.25. The number of hydrogen-bond donors (Lipinski definition) is 1. The summed E-state index contributed by atoms with van der Waals surface area (Å²) in [6.07, 6.45) is -5.67. The molecule has 0 heterocycles. The summed E-state index contributed by atoms with van der Waals surface area (Å²) >= 11 is 0. The minimum Gasteiger partial charge on any atom is -0.391 e. The molecule has 104 valence electrons. The van der Waals surface area contributed by atoms with E-state index in [-0.39, 0.29) is 6.42 Å². The molecule has 0 aromatic rings. The van der Waals surface area contributed by atoms with E-state index >= 15 is 0 Å². The summed E-state index contributed by atoms with van der Waals surface area (Å²) in [5.41, 5.74) is -0.575. The Bertz CT molecular complexity index is 216. The number of aliphatic hydroxyl groups excluding tert-OH is 1. The van der Waals surface area contributed by atoms with E-state index in [1.54, 1.807) is 0 Å². The zero-order chi connectivity index (χ0) is 13.7. The van der Waals surface area contributed by atoms with Gasteiger partial charge in [0.1, 0.15) is 0 Å². The van der Waals surface area contributed by atoms with Gasteiger partial charge in [-0.15, -0.1) is 0 Å². The normalized spacial score (nSPS) is 18.2. The number of aliphatic hydroxyl groups is 1. The molecule has 0 radical (unpaired) electrons. The Morgan fingerprint density at radius 1 is 1.12 bits per heavy atom. The van der Waals surface area contributed by atoms with Crippen LogP contribution < -0.4 is 0 Å². The van der Waals surface area contributed by atoms with Gasteiger partial charge in [0, 0.05) is 12.0 Å². The summed E-state index contributed by atoms with van der Waals surface area (Å²) < 4.78 is 36.4. The van der Waals surface area contributed by atoms with Crippen LogP contribution in [-0.2, 0) is 0 Å². The van der Waals surface area contributed by atoms with Crippen molar-refractivity contribution in [1.82, 2.24) is 4.90 Å². The highest BCUT2D eigenvalue weighted by Gasteiger charge is 2.38. The molecule has 0 aliphatic carbocycles. The molecule has 1 N–H and O–H groups in total. The summed E-state index contributed by atoms with van der Waals surface area (Å²) in [7, 11) is 0. The van der Waals surface area contributed by atoms with Crippen LogP contribution in [0.25, 0.3) is 0 Å². The molecular formula is C12H24F3NO. The van der Waals surface area contributed by atoms with E-state index in [4.69, 9.17) is 0 Å². The van der Waals surface area contributed by atoms with Crippen LogP contribution in [0.3, 0.4) is 0 Å². The van der Waals surface area contributed by atoms with E-state index in [0.29, 0.717) is 6.42 Å². The molecule has 0 saturated heterocycles. The van der Waals surface area contributed by atoms with Crippen LogP contribution in [0.4, 0.5) is 13.2 Å². The fraction of sp³-hybridized carbons (Fsp3) is 1.00. The third-order valence-electron chi connectivity index (χ3n) is 3.62. The van der Waals surface area contributed by atoms with E-state index < -0.39 is 24.2 Å². The number of rotatable bonds is 7. The molecule has 0 saturated carbocycles. The molecule has 2 nitrogen and oxygen atoms in total. The summed E-state index contributed by atoms with van der Waals surface area (Å²) in [6, 6.07) is 0. The van der Waals surface area contributed by atoms with Gasteiger partial charge < -0.3 is 5.11 Å². The first kappa shape index (κ1) is 16.7. The Morgan fingerprint density at radius 2 is 1.59 bits per heavy atom. The van der Waals surface area contributed by atoms with Crippen molar-refractivity contribution < 1.29 is 18.3 Å². The Morgan fingerprint density at radius 3 is 1.88 bits per heavy atom. The van der Waals surface area contributed by atoms with Gasteiger partial charge in [0.15, 0.2) is 0 Å². The van der Waals surface area contributed by atoms with Crippen LogP contribution in [0, 0.1) is 0 Å². The van der Waals surface area contributed by atoms with E-state index in [1.807, 2.05) is 32.6 Å². The van der Waals surface area contributed by atoms with Crippen molar-refractivity contribution in [2.24, 2.45) is 0 Å². The molecular weight excluding hydrogens is 231 g/mol. The number of alkyl halides is 3. The van der Waals surface area contributed by atoms with E-state index in [0.717, 1.165) is 13.1 Å². The SMILES string of the molecule is CCN(CC)C(C)(CC)C(O)CCC(F)(F)F. The largest absolute Gasteiger partial charge is 0.391 e. The lowest BCUT2D eigenvalue weighted by Gasteiger charge is -2.43. The average molecular weight is 255 g/mol. The van der Waals surface area contributed by atoms with Crippen molar-refractivity contribution in [3.8, 4) is 0 Å². The second-order valence-electron chi connectivity index (χ2n) is 4.55. The third kappa shape index (κ3) is 4.84.